The predicted octanol–water partition coefficient (Wildman–Crippen LogP) is 0.557. The Morgan fingerprint density at radius 3 is 2.56 bits per heavy atom. The maximum absolute atomic E-state index is 12.0. The zero-order valence-corrected chi connectivity index (χ0v) is 11.3. The quantitative estimate of drug-likeness (QED) is 0.818. The number of nitrogens with two attached hydrogens (primary N) is 1. The largest absolute Gasteiger partial charge is 0.348 e. The number of amides is 1. The van der Waals surface area contributed by atoms with E-state index in [9.17, 15) is 13.2 Å². The van der Waals surface area contributed by atoms with E-state index < -0.39 is 15.7 Å². The first-order valence-electron chi connectivity index (χ1n) is 5.75. The SMILES string of the molecule is CCS(=O)(=O)c1ccccc1C(=O)N[C@@H](C)CN. The first-order valence-corrected chi connectivity index (χ1v) is 7.40. The van der Waals surface area contributed by atoms with E-state index in [-0.39, 0.29) is 22.3 Å². The molecule has 0 radical (unpaired) electrons. The van der Waals surface area contributed by atoms with E-state index in [4.69, 9.17) is 5.73 Å². The summed E-state index contributed by atoms with van der Waals surface area (Å²) in [6.45, 7) is 3.61. The average Bonchev–Trinajstić information content (AvgIpc) is 2.38. The molecule has 0 fully saturated rings. The molecule has 1 amide bonds. The molecule has 1 rings (SSSR count). The monoisotopic (exact) mass is 270 g/mol. The van der Waals surface area contributed by atoms with Crippen molar-refractivity contribution in [3.63, 3.8) is 0 Å². The number of sulfone groups is 1. The van der Waals surface area contributed by atoms with Gasteiger partial charge in [-0.2, -0.15) is 0 Å². The molecule has 5 nitrogen and oxygen atoms in total. The molecule has 0 heterocycles. The molecule has 0 unspecified atom stereocenters. The summed E-state index contributed by atoms with van der Waals surface area (Å²) in [5.41, 5.74) is 5.58. The third-order valence-corrected chi connectivity index (χ3v) is 4.36. The highest BCUT2D eigenvalue weighted by Gasteiger charge is 2.20. The first-order chi connectivity index (χ1) is 8.42. The van der Waals surface area contributed by atoms with Crippen molar-refractivity contribution in [2.45, 2.75) is 24.8 Å². The zero-order chi connectivity index (χ0) is 13.8. The van der Waals surface area contributed by atoms with Crippen molar-refractivity contribution < 1.29 is 13.2 Å². The molecule has 18 heavy (non-hydrogen) atoms. The zero-order valence-electron chi connectivity index (χ0n) is 10.5. The van der Waals surface area contributed by atoms with Gasteiger partial charge in [0, 0.05) is 12.6 Å². The standard InChI is InChI=1S/C12H18N2O3S/c1-3-18(16,17)11-7-5-4-6-10(11)12(15)14-9(2)8-13/h4-7,9H,3,8,13H2,1-2H3,(H,14,15)/t9-/m0/s1. The smallest absolute Gasteiger partial charge is 0.252 e. The topological polar surface area (TPSA) is 89.3 Å². The van der Waals surface area contributed by atoms with Gasteiger partial charge >= 0.3 is 0 Å². The van der Waals surface area contributed by atoms with Crippen LogP contribution in [0.4, 0.5) is 0 Å². The number of carbonyl (C=O) groups is 1. The third-order valence-electron chi connectivity index (χ3n) is 2.58. The summed E-state index contributed by atoms with van der Waals surface area (Å²) in [7, 11) is -3.41. The van der Waals surface area contributed by atoms with Gasteiger partial charge in [-0.3, -0.25) is 4.79 Å². The molecule has 0 saturated carbocycles. The second-order valence-corrected chi connectivity index (χ2v) is 6.26. The highest BCUT2D eigenvalue weighted by atomic mass is 32.2. The van der Waals surface area contributed by atoms with Crippen LogP contribution in [0.25, 0.3) is 0 Å². The molecule has 1 aromatic rings. The Kier molecular flexibility index (Phi) is 4.86. The highest BCUT2D eigenvalue weighted by Crippen LogP contribution is 2.16. The fourth-order valence-electron chi connectivity index (χ4n) is 1.44. The van der Waals surface area contributed by atoms with E-state index in [1.807, 2.05) is 0 Å². The summed E-state index contributed by atoms with van der Waals surface area (Å²) >= 11 is 0. The van der Waals surface area contributed by atoms with Crippen molar-refractivity contribution in [2.75, 3.05) is 12.3 Å². The van der Waals surface area contributed by atoms with Crippen LogP contribution in [0.15, 0.2) is 29.2 Å². The van der Waals surface area contributed by atoms with Gasteiger partial charge in [-0.15, -0.1) is 0 Å². The Morgan fingerprint density at radius 2 is 2.00 bits per heavy atom. The van der Waals surface area contributed by atoms with Crippen molar-refractivity contribution >= 4 is 15.7 Å². The second-order valence-electron chi connectivity index (χ2n) is 4.01. The number of hydrogen-bond acceptors (Lipinski definition) is 4. The summed E-state index contributed by atoms with van der Waals surface area (Å²) in [6, 6.07) is 5.99. The van der Waals surface area contributed by atoms with Gasteiger partial charge in [-0.1, -0.05) is 19.1 Å². The fourth-order valence-corrected chi connectivity index (χ4v) is 2.53. The molecule has 1 atom stereocenters. The summed E-state index contributed by atoms with van der Waals surface area (Å²) in [4.78, 5) is 12.0. The number of nitrogens with one attached hydrogen (secondary N) is 1. The minimum Gasteiger partial charge on any atom is -0.348 e. The van der Waals surface area contributed by atoms with Crippen LogP contribution in [0.2, 0.25) is 0 Å². The summed E-state index contributed by atoms with van der Waals surface area (Å²) < 4.78 is 23.8. The van der Waals surface area contributed by atoms with Crippen molar-refractivity contribution in [2.24, 2.45) is 5.73 Å². The summed E-state index contributed by atoms with van der Waals surface area (Å²) in [6.07, 6.45) is 0. The van der Waals surface area contributed by atoms with Gasteiger partial charge in [-0.25, -0.2) is 8.42 Å². The third kappa shape index (κ3) is 3.30. The van der Waals surface area contributed by atoms with Crippen molar-refractivity contribution in [1.29, 1.82) is 0 Å². The molecule has 0 aliphatic rings. The highest BCUT2D eigenvalue weighted by molar-refractivity contribution is 7.91. The van der Waals surface area contributed by atoms with Crippen molar-refractivity contribution in [1.82, 2.24) is 5.32 Å². The fraction of sp³-hybridized carbons (Fsp3) is 0.417. The second kappa shape index (κ2) is 5.97. The molecule has 0 saturated heterocycles. The van der Waals surface area contributed by atoms with E-state index in [2.05, 4.69) is 5.32 Å². The predicted molar refractivity (Wildman–Crippen MR) is 70.2 cm³/mol. The molecule has 0 aliphatic heterocycles. The van der Waals surface area contributed by atoms with E-state index in [0.29, 0.717) is 6.54 Å². The number of carbonyl (C=O) groups excluding carboxylic acids is 1. The molecule has 0 bridgehead atoms. The maximum atomic E-state index is 12.0. The van der Waals surface area contributed by atoms with Gasteiger partial charge < -0.3 is 11.1 Å². The number of hydrogen-bond donors (Lipinski definition) is 2. The van der Waals surface area contributed by atoms with Crippen LogP contribution < -0.4 is 11.1 Å². The lowest BCUT2D eigenvalue weighted by molar-refractivity contribution is 0.0938. The Bertz CT molecular complexity index is 526. The molecule has 1 aromatic carbocycles. The van der Waals surface area contributed by atoms with Crippen LogP contribution in [0.5, 0.6) is 0 Å². The summed E-state index contributed by atoms with van der Waals surface area (Å²) in [5, 5.41) is 2.65. The van der Waals surface area contributed by atoms with E-state index in [1.54, 1.807) is 26.0 Å². The van der Waals surface area contributed by atoms with Crippen LogP contribution in [-0.2, 0) is 9.84 Å². The maximum Gasteiger partial charge on any atom is 0.252 e. The van der Waals surface area contributed by atoms with E-state index in [0.717, 1.165) is 0 Å². The Labute approximate surface area is 107 Å². The van der Waals surface area contributed by atoms with Crippen LogP contribution in [0, 0.1) is 0 Å². The Balaban J connectivity index is 3.14. The van der Waals surface area contributed by atoms with E-state index >= 15 is 0 Å². The van der Waals surface area contributed by atoms with Crippen LogP contribution in [-0.4, -0.2) is 32.7 Å². The first kappa shape index (κ1) is 14.7. The van der Waals surface area contributed by atoms with Crippen molar-refractivity contribution in [3.05, 3.63) is 29.8 Å². The Morgan fingerprint density at radius 1 is 1.39 bits per heavy atom. The van der Waals surface area contributed by atoms with Gasteiger partial charge in [0.2, 0.25) is 0 Å². The lowest BCUT2D eigenvalue weighted by Crippen LogP contribution is -2.38. The average molecular weight is 270 g/mol. The van der Waals surface area contributed by atoms with Crippen LogP contribution in [0.3, 0.4) is 0 Å². The van der Waals surface area contributed by atoms with Gasteiger partial charge in [-0.05, 0) is 19.1 Å². The molecule has 3 N–H and O–H groups in total. The number of rotatable bonds is 5. The van der Waals surface area contributed by atoms with Gasteiger partial charge in [0.05, 0.1) is 16.2 Å². The van der Waals surface area contributed by atoms with Gasteiger partial charge in [0.1, 0.15) is 0 Å². The molecule has 0 aromatic heterocycles. The molecule has 0 aliphatic carbocycles. The number of benzene rings is 1. The van der Waals surface area contributed by atoms with Crippen molar-refractivity contribution in [3.8, 4) is 0 Å². The molecular formula is C12H18N2O3S. The normalized spacial score (nSPS) is 13.1. The van der Waals surface area contributed by atoms with Crippen LogP contribution >= 0.6 is 0 Å². The van der Waals surface area contributed by atoms with Crippen LogP contribution in [0.1, 0.15) is 24.2 Å². The lowest BCUT2D eigenvalue weighted by atomic mass is 10.2. The van der Waals surface area contributed by atoms with Gasteiger partial charge in [0.15, 0.2) is 9.84 Å². The lowest BCUT2D eigenvalue weighted by Gasteiger charge is -2.13. The Hall–Kier alpha value is -1.40. The van der Waals surface area contributed by atoms with E-state index in [1.165, 1.54) is 12.1 Å². The molecule has 6 heteroatoms. The minimum absolute atomic E-state index is 0.0380. The molecule has 100 valence electrons. The van der Waals surface area contributed by atoms with Gasteiger partial charge in [0.25, 0.3) is 5.91 Å². The molecule has 0 spiro atoms. The molecular weight excluding hydrogens is 252 g/mol. The minimum atomic E-state index is -3.41. The summed E-state index contributed by atoms with van der Waals surface area (Å²) in [5.74, 6) is -0.454.